The molecule has 1 fully saturated rings. The Bertz CT molecular complexity index is 937. The summed E-state index contributed by atoms with van der Waals surface area (Å²) >= 11 is 0. The lowest BCUT2D eigenvalue weighted by Crippen LogP contribution is -2.66. The Morgan fingerprint density at radius 1 is 0.725 bits per heavy atom. The predicted molar refractivity (Wildman–Crippen MR) is 214 cm³/mol. The molecule has 1 rings (SSSR count). The van der Waals surface area contributed by atoms with Crippen molar-refractivity contribution in [3.05, 3.63) is 25.3 Å². The van der Waals surface area contributed by atoms with Gasteiger partial charge in [0.15, 0.2) is 14.6 Å². The average Bonchev–Trinajstić information content (AvgIpc) is 3.08. The minimum absolute atomic E-state index is 0.0155. The molecule has 51 heavy (non-hydrogen) atoms. The number of unbranched alkanes of at least 4 members (excludes halogenated alkanes) is 15. The van der Waals surface area contributed by atoms with E-state index in [4.69, 9.17) is 23.4 Å². The minimum Gasteiger partial charge on any atom is -0.414 e. The number of hydrogen-bond acceptors (Lipinski definition) is 7. The van der Waals surface area contributed by atoms with E-state index in [1.165, 1.54) is 77.0 Å². The first-order chi connectivity index (χ1) is 24.4. The zero-order valence-electron chi connectivity index (χ0n) is 34.1. The molecule has 0 saturated carbocycles. The highest BCUT2D eigenvalue weighted by Gasteiger charge is 2.49. The van der Waals surface area contributed by atoms with Crippen molar-refractivity contribution < 1.29 is 33.0 Å². The summed E-state index contributed by atoms with van der Waals surface area (Å²) in [4.78, 5) is 26.3. The Hall–Kier alpha value is -1.36. The van der Waals surface area contributed by atoms with Crippen molar-refractivity contribution in [3.63, 3.8) is 0 Å². The molecule has 1 heterocycles. The quantitative estimate of drug-likeness (QED) is 0.0318. The fourth-order valence-electron chi connectivity index (χ4n) is 6.17. The number of carbonyl (C=O) groups excluding carboxylic acids is 2. The largest absolute Gasteiger partial charge is 0.414 e. The lowest BCUT2D eigenvalue weighted by molar-refractivity contribution is -0.280. The van der Waals surface area contributed by atoms with Gasteiger partial charge in [-0.3, -0.25) is 9.59 Å². The summed E-state index contributed by atoms with van der Waals surface area (Å²) in [6.07, 6.45) is 21.3. The lowest BCUT2D eigenvalue weighted by atomic mass is 9.95. The van der Waals surface area contributed by atoms with Crippen LogP contribution in [0.3, 0.4) is 0 Å². The summed E-state index contributed by atoms with van der Waals surface area (Å²) in [6.45, 7) is 24.6. The predicted octanol–water partition coefficient (Wildman–Crippen LogP) is 10.4. The van der Waals surface area contributed by atoms with Crippen LogP contribution in [0.2, 0.25) is 18.1 Å². The van der Waals surface area contributed by atoms with Crippen LogP contribution in [0.25, 0.3) is 0 Å². The summed E-state index contributed by atoms with van der Waals surface area (Å²) in [6, 6.07) is -0.689. The molecular formula is C42H79NO7Si. The number of ether oxygens (including phenoxy) is 4. The van der Waals surface area contributed by atoms with Gasteiger partial charge < -0.3 is 28.7 Å². The third kappa shape index (κ3) is 20.6. The van der Waals surface area contributed by atoms with Crippen LogP contribution in [0.1, 0.15) is 157 Å². The van der Waals surface area contributed by atoms with E-state index in [0.717, 1.165) is 32.1 Å². The van der Waals surface area contributed by atoms with Crippen LogP contribution in [0.4, 0.5) is 0 Å². The highest BCUT2D eigenvalue weighted by atomic mass is 28.4. The van der Waals surface area contributed by atoms with E-state index in [9.17, 15) is 9.59 Å². The summed E-state index contributed by atoms with van der Waals surface area (Å²) in [5.74, 6) is -0.400. The van der Waals surface area contributed by atoms with Crippen molar-refractivity contribution in [2.24, 2.45) is 0 Å². The Balaban J connectivity index is 3.04. The number of amides is 1. The van der Waals surface area contributed by atoms with Crippen molar-refractivity contribution in [3.8, 4) is 0 Å². The third-order valence-electron chi connectivity index (χ3n) is 10.4. The Morgan fingerprint density at radius 2 is 1.24 bits per heavy atom. The van der Waals surface area contributed by atoms with Crippen LogP contribution in [0.15, 0.2) is 25.3 Å². The number of carbonyl (C=O) groups is 2. The normalized spacial score (nSPS) is 21.0. The standard InChI is InChI=1S/C42H79NO7Si/c1-10-14-16-18-20-22-23-25-27-29-35(44)33-37(45)43-38-40(47-32-28-26-24-21-19-17-15-11-2)39(46-30-12-3)36(50-41(38)48-31-13-4)34-49-51(8,9)42(5,6)7/h12-13,36,38-41H,3-4,10-11,14-34H2,1-2,5-9H3,(H,43,45)/t36-,38+,39-,40-,41+/m1/s1. The number of hydrogen-bond donors (Lipinski definition) is 1. The molecule has 0 aliphatic carbocycles. The first-order valence-electron chi connectivity index (χ1n) is 20.6. The summed E-state index contributed by atoms with van der Waals surface area (Å²) in [5, 5.41) is 3.11. The summed E-state index contributed by atoms with van der Waals surface area (Å²) < 4.78 is 32.4. The first kappa shape index (κ1) is 47.7. The van der Waals surface area contributed by atoms with Crippen molar-refractivity contribution in [1.29, 1.82) is 0 Å². The zero-order valence-corrected chi connectivity index (χ0v) is 35.1. The average molecular weight is 738 g/mol. The van der Waals surface area contributed by atoms with Gasteiger partial charge in [0.2, 0.25) is 5.91 Å². The van der Waals surface area contributed by atoms with E-state index < -0.39 is 39.0 Å². The molecule has 1 aliphatic rings. The molecule has 298 valence electrons. The molecule has 0 aromatic rings. The second kappa shape index (κ2) is 28.1. The van der Waals surface area contributed by atoms with Gasteiger partial charge in [0.1, 0.15) is 30.1 Å². The number of rotatable bonds is 32. The first-order valence-corrected chi connectivity index (χ1v) is 23.5. The van der Waals surface area contributed by atoms with Gasteiger partial charge in [0.05, 0.1) is 26.2 Å². The molecule has 1 saturated heterocycles. The molecule has 0 radical (unpaired) electrons. The molecule has 0 unspecified atom stereocenters. The third-order valence-corrected chi connectivity index (χ3v) is 14.9. The van der Waals surface area contributed by atoms with E-state index >= 15 is 0 Å². The molecule has 1 aliphatic heterocycles. The van der Waals surface area contributed by atoms with E-state index in [0.29, 0.717) is 19.6 Å². The van der Waals surface area contributed by atoms with Gasteiger partial charge in [-0.25, -0.2) is 0 Å². The number of ketones is 1. The maximum Gasteiger partial charge on any atom is 0.227 e. The Morgan fingerprint density at radius 3 is 1.76 bits per heavy atom. The fourth-order valence-corrected chi connectivity index (χ4v) is 7.19. The molecule has 1 N–H and O–H groups in total. The Kier molecular flexibility index (Phi) is 26.3. The molecule has 0 aromatic carbocycles. The van der Waals surface area contributed by atoms with Gasteiger partial charge >= 0.3 is 0 Å². The van der Waals surface area contributed by atoms with Gasteiger partial charge in [0.25, 0.3) is 0 Å². The van der Waals surface area contributed by atoms with Crippen molar-refractivity contribution in [2.75, 3.05) is 26.4 Å². The zero-order chi connectivity index (χ0) is 38.0. The van der Waals surface area contributed by atoms with Crippen molar-refractivity contribution in [1.82, 2.24) is 5.32 Å². The molecular weight excluding hydrogens is 659 g/mol. The summed E-state index contributed by atoms with van der Waals surface area (Å²) in [5.41, 5.74) is 0. The Labute approximate surface area is 314 Å². The highest BCUT2D eigenvalue weighted by molar-refractivity contribution is 6.74. The molecule has 8 nitrogen and oxygen atoms in total. The molecule has 0 bridgehead atoms. The topological polar surface area (TPSA) is 92.3 Å². The van der Waals surface area contributed by atoms with Crippen LogP contribution in [0, 0.1) is 0 Å². The van der Waals surface area contributed by atoms with Crippen LogP contribution in [0.5, 0.6) is 0 Å². The van der Waals surface area contributed by atoms with Crippen LogP contribution >= 0.6 is 0 Å². The molecule has 9 heteroatoms. The molecule has 0 spiro atoms. The van der Waals surface area contributed by atoms with E-state index in [1.54, 1.807) is 12.2 Å². The molecule has 5 atom stereocenters. The second-order valence-electron chi connectivity index (χ2n) is 16.0. The minimum atomic E-state index is -2.12. The number of Topliss-reactive ketones (excluding diaryl/α,β-unsaturated/α-hetero) is 1. The van der Waals surface area contributed by atoms with Crippen LogP contribution in [-0.2, 0) is 33.0 Å². The smallest absolute Gasteiger partial charge is 0.227 e. The number of nitrogens with one attached hydrogen (secondary N) is 1. The van der Waals surface area contributed by atoms with Gasteiger partial charge in [-0.15, -0.1) is 13.2 Å². The van der Waals surface area contributed by atoms with Gasteiger partial charge in [0, 0.05) is 13.0 Å². The van der Waals surface area contributed by atoms with E-state index in [-0.39, 0.29) is 36.4 Å². The SMILES string of the molecule is C=CCO[C@H]1O[C@H](CO[Si](C)(C)C(C)(C)C)[C@@H](OCC=C)[C@H](OCCCCCCCCCC)[C@@H]1NC(=O)CC(=O)CCCCCCCCCCC. The molecule has 0 aromatic heterocycles. The van der Waals surface area contributed by atoms with E-state index in [1.807, 2.05) is 0 Å². The molecule has 1 amide bonds. The highest BCUT2D eigenvalue weighted by Crippen LogP contribution is 2.37. The van der Waals surface area contributed by atoms with Crippen LogP contribution < -0.4 is 5.32 Å². The van der Waals surface area contributed by atoms with Gasteiger partial charge in [-0.2, -0.15) is 0 Å². The lowest BCUT2D eigenvalue weighted by Gasteiger charge is -2.47. The van der Waals surface area contributed by atoms with Crippen molar-refractivity contribution >= 4 is 20.0 Å². The maximum absolute atomic E-state index is 13.4. The fraction of sp³-hybridized carbons (Fsp3) is 0.857. The monoisotopic (exact) mass is 738 g/mol. The van der Waals surface area contributed by atoms with Crippen LogP contribution in [-0.4, -0.2) is 77.1 Å². The maximum atomic E-state index is 13.4. The van der Waals surface area contributed by atoms with E-state index in [2.05, 4.69) is 66.2 Å². The van der Waals surface area contributed by atoms with Crippen molar-refractivity contribution in [2.45, 2.75) is 205 Å². The van der Waals surface area contributed by atoms with Gasteiger partial charge in [-0.05, 0) is 31.0 Å². The van der Waals surface area contributed by atoms with Gasteiger partial charge in [-0.1, -0.05) is 143 Å². The summed E-state index contributed by atoms with van der Waals surface area (Å²) in [7, 11) is -2.12. The second-order valence-corrected chi connectivity index (χ2v) is 20.8.